The van der Waals surface area contributed by atoms with Crippen molar-refractivity contribution in [1.29, 1.82) is 0 Å². The molecular weight excluding hydrogens is 370 g/mol. The fourth-order valence-corrected chi connectivity index (χ4v) is 4.02. The number of primary amides is 1. The molecule has 0 spiro atoms. The van der Waals surface area contributed by atoms with E-state index in [2.05, 4.69) is 10.4 Å². The predicted octanol–water partition coefficient (Wildman–Crippen LogP) is 1.87. The Bertz CT molecular complexity index is 955. The van der Waals surface area contributed by atoms with Crippen LogP contribution in [0.15, 0.2) is 36.5 Å². The lowest BCUT2D eigenvalue weighted by Crippen LogP contribution is -2.47. The summed E-state index contributed by atoms with van der Waals surface area (Å²) in [5.41, 5.74) is 6.00. The summed E-state index contributed by atoms with van der Waals surface area (Å²) in [6, 6.07) is 9.28. The van der Waals surface area contributed by atoms with Crippen LogP contribution in [0, 0.1) is 12.3 Å². The monoisotopic (exact) mass is 395 g/mol. The number of aryl methyl sites for hydroxylation is 1. The average molecular weight is 395 g/mol. The highest BCUT2D eigenvalue weighted by molar-refractivity contribution is 6.07. The van der Waals surface area contributed by atoms with E-state index in [1.807, 2.05) is 29.8 Å². The summed E-state index contributed by atoms with van der Waals surface area (Å²) in [7, 11) is 0. The van der Waals surface area contributed by atoms with Gasteiger partial charge in [0.2, 0.25) is 11.8 Å². The van der Waals surface area contributed by atoms with Crippen LogP contribution in [0.4, 0.5) is 5.82 Å². The van der Waals surface area contributed by atoms with E-state index >= 15 is 0 Å². The average Bonchev–Trinajstić information content (AvgIpc) is 3.42. The van der Waals surface area contributed by atoms with Crippen LogP contribution in [0.5, 0.6) is 0 Å². The molecule has 0 bridgehead atoms. The molecule has 4 rings (SSSR count). The van der Waals surface area contributed by atoms with Crippen molar-refractivity contribution in [2.24, 2.45) is 11.1 Å². The van der Waals surface area contributed by atoms with Gasteiger partial charge in [0.05, 0.1) is 12.2 Å². The van der Waals surface area contributed by atoms with Crippen molar-refractivity contribution in [1.82, 2.24) is 14.7 Å². The van der Waals surface area contributed by atoms with Gasteiger partial charge in [0, 0.05) is 24.7 Å². The maximum absolute atomic E-state index is 12.7. The third-order valence-corrected chi connectivity index (χ3v) is 6.03. The van der Waals surface area contributed by atoms with E-state index in [9.17, 15) is 14.4 Å². The molecule has 2 aromatic rings. The number of hydrogen-bond donors (Lipinski definition) is 2. The Morgan fingerprint density at radius 1 is 1.14 bits per heavy atom. The van der Waals surface area contributed by atoms with Crippen LogP contribution in [-0.2, 0) is 9.59 Å². The van der Waals surface area contributed by atoms with E-state index in [0.717, 1.165) is 5.56 Å². The highest BCUT2D eigenvalue weighted by Gasteiger charge is 2.57. The van der Waals surface area contributed by atoms with Crippen molar-refractivity contribution in [3.05, 3.63) is 47.7 Å². The van der Waals surface area contributed by atoms with E-state index in [0.29, 0.717) is 50.2 Å². The van der Waals surface area contributed by atoms with Crippen molar-refractivity contribution >= 4 is 23.5 Å². The molecule has 152 valence electrons. The summed E-state index contributed by atoms with van der Waals surface area (Å²) < 4.78 is 1.82. The van der Waals surface area contributed by atoms with Gasteiger partial charge < -0.3 is 16.0 Å². The number of rotatable bonds is 5. The van der Waals surface area contributed by atoms with Crippen molar-refractivity contribution in [2.45, 2.75) is 38.6 Å². The molecule has 1 aliphatic carbocycles. The van der Waals surface area contributed by atoms with Crippen LogP contribution in [0.1, 0.15) is 47.6 Å². The summed E-state index contributed by atoms with van der Waals surface area (Å²) in [5.74, 6) is -0.191. The maximum atomic E-state index is 12.7. The van der Waals surface area contributed by atoms with E-state index in [4.69, 9.17) is 5.73 Å². The Morgan fingerprint density at radius 2 is 1.83 bits per heavy atom. The zero-order valence-corrected chi connectivity index (χ0v) is 16.4. The van der Waals surface area contributed by atoms with Gasteiger partial charge in [0.1, 0.15) is 11.2 Å². The summed E-state index contributed by atoms with van der Waals surface area (Å²) in [6.45, 7) is 2.99. The molecule has 1 saturated carbocycles. The van der Waals surface area contributed by atoms with Crippen LogP contribution in [0.3, 0.4) is 0 Å². The zero-order valence-electron chi connectivity index (χ0n) is 16.4. The second kappa shape index (κ2) is 7.35. The molecule has 1 aromatic heterocycles. The minimum Gasteiger partial charge on any atom is -0.369 e. The topological polar surface area (TPSA) is 110 Å². The van der Waals surface area contributed by atoms with Crippen molar-refractivity contribution < 1.29 is 14.4 Å². The summed E-state index contributed by atoms with van der Waals surface area (Å²) >= 11 is 0. The second-order valence-electron chi connectivity index (χ2n) is 7.90. The Labute approximate surface area is 169 Å². The first-order valence-electron chi connectivity index (χ1n) is 9.92. The summed E-state index contributed by atoms with van der Waals surface area (Å²) in [5, 5.41) is 7.34. The molecular formula is C21H25N5O3. The lowest BCUT2D eigenvalue weighted by Gasteiger charge is -2.34. The first-order chi connectivity index (χ1) is 13.9. The first kappa shape index (κ1) is 19.2. The molecule has 2 heterocycles. The smallest absolute Gasteiger partial charge is 0.257 e. The van der Waals surface area contributed by atoms with Gasteiger partial charge >= 0.3 is 0 Å². The van der Waals surface area contributed by atoms with Gasteiger partial charge in [-0.25, -0.2) is 4.68 Å². The van der Waals surface area contributed by atoms with Crippen LogP contribution in [0.25, 0.3) is 0 Å². The van der Waals surface area contributed by atoms with Gasteiger partial charge in [0.25, 0.3) is 5.91 Å². The fraction of sp³-hybridized carbons (Fsp3) is 0.429. The summed E-state index contributed by atoms with van der Waals surface area (Å²) in [6.07, 6.45) is 4.17. The Balaban J connectivity index is 1.41. The molecule has 3 amide bonds. The molecule has 1 saturated heterocycles. The van der Waals surface area contributed by atoms with Gasteiger partial charge in [-0.1, -0.05) is 18.2 Å². The minimum absolute atomic E-state index is 0.0740. The highest BCUT2D eigenvalue weighted by atomic mass is 16.2. The van der Waals surface area contributed by atoms with E-state index in [1.54, 1.807) is 23.2 Å². The quantitative estimate of drug-likeness (QED) is 0.753. The fourth-order valence-electron chi connectivity index (χ4n) is 4.02. The van der Waals surface area contributed by atoms with Crippen LogP contribution in [-0.4, -0.2) is 45.5 Å². The Hall–Kier alpha value is -3.16. The lowest BCUT2D eigenvalue weighted by atomic mass is 10.00. The van der Waals surface area contributed by atoms with Gasteiger partial charge in [-0.2, -0.15) is 5.10 Å². The molecule has 29 heavy (non-hydrogen) atoms. The molecule has 8 heteroatoms. The number of carbonyl (C=O) groups excluding carboxylic acids is 3. The van der Waals surface area contributed by atoms with Crippen molar-refractivity contribution in [2.75, 3.05) is 18.4 Å². The molecule has 0 radical (unpaired) electrons. The lowest BCUT2D eigenvalue weighted by molar-refractivity contribution is -0.144. The van der Waals surface area contributed by atoms with Gasteiger partial charge in [-0.05, 0) is 44.2 Å². The third kappa shape index (κ3) is 3.50. The number of amides is 3. The molecule has 2 aliphatic rings. The largest absolute Gasteiger partial charge is 0.369 e. The molecule has 0 unspecified atom stereocenters. The normalized spacial score (nSPS) is 18.3. The number of aromatic nitrogens is 2. The number of likely N-dealkylation sites (tertiary alicyclic amines) is 1. The standard InChI is InChI=1S/C21H25N5O3/c1-14-4-2-3-5-16(14)18(27)24-17-6-11-23-26(17)15-7-12-25(13-8-15)20(29)21(9-10-21)19(22)28/h2-6,11,15H,7-10,12-13H2,1H3,(H2,22,28)(H,24,27). The van der Waals surface area contributed by atoms with Gasteiger partial charge in [-0.3, -0.25) is 14.4 Å². The van der Waals surface area contributed by atoms with Crippen molar-refractivity contribution in [3.63, 3.8) is 0 Å². The van der Waals surface area contributed by atoms with E-state index in [-0.39, 0.29) is 17.9 Å². The number of benzene rings is 1. The Kier molecular flexibility index (Phi) is 4.86. The maximum Gasteiger partial charge on any atom is 0.257 e. The third-order valence-electron chi connectivity index (χ3n) is 6.03. The predicted molar refractivity (Wildman–Crippen MR) is 107 cm³/mol. The van der Waals surface area contributed by atoms with Gasteiger partial charge in [0.15, 0.2) is 0 Å². The summed E-state index contributed by atoms with van der Waals surface area (Å²) in [4.78, 5) is 38.7. The van der Waals surface area contributed by atoms with Crippen LogP contribution < -0.4 is 11.1 Å². The Morgan fingerprint density at radius 3 is 2.45 bits per heavy atom. The minimum atomic E-state index is -0.967. The molecule has 2 fully saturated rings. The SMILES string of the molecule is Cc1ccccc1C(=O)Nc1ccnn1C1CCN(C(=O)C2(C(N)=O)CC2)CC1. The molecule has 0 atom stereocenters. The van der Waals surface area contributed by atoms with E-state index in [1.165, 1.54) is 0 Å². The van der Waals surface area contributed by atoms with Crippen molar-refractivity contribution in [3.8, 4) is 0 Å². The molecule has 1 aromatic carbocycles. The molecule has 1 aliphatic heterocycles. The van der Waals surface area contributed by atoms with Gasteiger partial charge in [-0.15, -0.1) is 0 Å². The second-order valence-corrected chi connectivity index (χ2v) is 7.90. The number of carbonyl (C=O) groups is 3. The zero-order chi connectivity index (χ0) is 20.6. The van der Waals surface area contributed by atoms with Crippen LogP contribution >= 0.6 is 0 Å². The first-order valence-corrected chi connectivity index (χ1v) is 9.92. The number of nitrogens with two attached hydrogens (primary N) is 1. The number of hydrogen-bond acceptors (Lipinski definition) is 4. The van der Waals surface area contributed by atoms with Crippen LogP contribution in [0.2, 0.25) is 0 Å². The van der Waals surface area contributed by atoms with E-state index < -0.39 is 11.3 Å². The molecule has 3 N–H and O–H groups in total. The number of nitrogens with zero attached hydrogens (tertiary/aromatic N) is 3. The highest BCUT2D eigenvalue weighted by Crippen LogP contribution is 2.47. The molecule has 8 nitrogen and oxygen atoms in total. The number of anilines is 1. The number of nitrogens with one attached hydrogen (secondary N) is 1. The number of piperidine rings is 1.